The van der Waals surface area contributed by atoms with E-state index in [-0.39, 0.29) is 12.0 Å². The van der Waals surface area contributed by atoms with Crippen LogP contribution < -0.4 is 10.1 Å². The molecule has 118 valence electrons. The van der Waals surface area contributed by atoms with E-state index >= 15 is 0 Å². The maximum absolute atomic E-state index is 11.2. The Morgan fingerprint density at radius 3 is 2.57 bits per heavy atom. The van der Waals surface area contributed by atoms with Gasteiger partial charge >= 0.3 is 5.97 Å². The fourth-order valence-corrected chi connectivity index (χ4v) is 2.80. The van der Waals surface area contributed by atoms with Crippen LogP contribution in [0.4, 0.5) is 0 Å². The van der Waals surface area contributed by atoms with Crippen LogP contribution in [0.5, 0.6) is 5.75 Å². The lowest BCUT2D eigenvalue weighted by atomic mass is 10.1. The van der Waals surface area contributed by atoms with Crippen LogP contribution in [0.1, 0.15) is 31.9 Å². The van der Waals surface area contributed by atoms with E-state index in [9.17, 15) is 4.79 Å². The van der Waals surface area contributed by atoms with Gasteiger partial charge in [-0.1, -0.05) is 26.0 Å². The van der Waals surface area contributed by atoms with Crippen molar-refractivity contribution in [3.8, 4) is 5.75 Å². The lowest BCUT2D eigenvalue weighted by Crippen LogP contribution is -2.23. The molecule has 21 heavy (non-hydrogen) atoms. The Morgan fingerprint density at radius 1 is 1.29 bits per heavy atom. The Balaban J connectivity index is 2.56. The summed E-state index contributed by atoms with van der Waals surface area (Å²) in [5.74, 6) is 1.94. The first-order chi connectivity index (χ1) is 10.2. The molecule has 0 spiro atoms. The smallest absolute Gasteiger partial charge is 0.315 e. The quantitative estimate of drug-likeness (QED) is 0.673. The lowest BCUT2D eigenvalue weighted by Gasteiger charge is -2.18. The second-order valence-corrected chi connectivity index (χ2v) is 5.65. The summed E-state index contributed by atoms with van der Waals surface area (Å²) in [5, 5.41) is 3.44. The van der Waals surface area contributed by atoms with Gasteiger partial charge in [-0.25, -0.2) is 0 Å². The molecule has 5 heteroatoms. The molecule has 1 rings (SSSR count). The zero-order valence-electron chi connectivity index (χ0n) is 13.1. The summed E-state index contributed by atoms with van der Waals surface area (Å²) in [7, 11) is 1.42. The Bertz CT molecular complexity index is 408. The van der Waals surface area contributed by atoms with Gasteiger partial charge in [0.2, 0.25) is 0 Å². The predicted octanol–water partition coefficient (Wildman–Crippen LogP) is 3.03. The van der Waals surface area contributed by atoms with Crippen molar-refractivity contribution in [2.24, 2.45) is 0 Å². The van der Waals surface area contributed by atoms with E-state index in [2.05, 4.69) is 36.0 Å². The summed E-state index contributed by atoms with van der Waals surface area (Å²) >= 11 is 1.58. The van der Waals surface area contributed by atoms with Crippen molar-refractivity contribution in [2.75, 3.05) is 31.8 Å². The van der Waals surface area contributed by atoms with Crippen molar-refractivity contribution >= 4 is 17.7 Å². The normalized spacial score (nSPS) is 12.0. The molecule has 1 unspecified atom stereocenters. The van der Waals surface area contributed by atoms with Gasteiger partial charge in [0.1, 0.15) is 5.75 Å². The Hall–Kier alpha value is -1.20. The molecule has 0 aliphatic carbocycles. The first-order valence-corrected chi connectivity index (χ1v) is 8.47. The molecular formula is C16H25NO3S. The highest BCUT2D eigenvalue weighted by atomic mass is 32.2. The average Bonchev–Trinajstić information content (AvgIpc) is 2.52. The monoisotopic (exact) mass is 311 g/mol. The molecule has 0 saturated heterocycles. The average molecular weight is 311 g/mol. The molecule has 0 aliphatic rings. The highest BCUT2D eigenvalue weighted by Gasteiger charge is 2.12. The fraction of sp³-hybridized carbons (Fsp3) is 0.562. The standard InChI is InChI=1S/C16H25NO3S/c1-4-10-20-14-8-6-13(7-9-14)15(17-5-2)11-21-12-16(18)19-3/h6-9,15,17H,4-5,10-12H2,1-3H3. The summed E-state index contributed by atoms with van der Waals surface area (Å²) in [6.45, 7) is 5.80. The molecule has 0 saturated carbocycles. The van der Waals surface area contributed by atoms with Crippen LogP contribution >= 0.6 is 11.8 Å². The van der Waals surface area contributed by atoms with E-state index in [0.717, 1.165) is 31.1 Å². The fourth-order valence-electron chi connectivity index (χ4n) is 1.85. The number of benzene rings is 1. The van der Waals surface area contributed by atoms with Gasteiger partial charge in [0, 0.05) is 11.8 Å². The van der Waals surface area contributed by atoms with Crippen LogP contribution in [-0.2, 0) is 9.53 Å². The number of thioether (sulfide) groups is 1. The maximum atomic E-state index is 11.2. The molecule has 0 fully saturated rings. The topological polar surface area (TPSA) is 47.6 Å². The highest BCUT2D eigenvalue weighted by Crippen LogP contribution is 2.21. The van der Waals surface area contributed by atoms with Gasteiger partial charge < -0.3 is 14.8 Å². The molecule has 0 bridgehead atoms. The summed E-state index contributed by atoms with van der Waals surface area (Å²) < 4.78 is 10.2. The van der Waals surface area contributed by atoms with Gasteiger partial charge in [0.05, 0.1) is 19.5 Å². The third kappa shape index (κ3) is 6.87. The Morgan fingerprint density at radius 2 is 2.00 bits per heavy atom. The first kappa shape index (κ1) is 17.9. The molecule has 0 radical (unpaired) electrons. The van der Waals surface area contributed by atoms with Crippen LogP contribution in [0.25, 0.3) is 0 Å². The third-order valence-corrected chi connectivity index (χ3v) is 3.95. The van der Waals surface area contributed by atoms with E-state index in [0.29, 0.717) is 5.75 Å². The molecule has 0 aliphatic heterocycles. The van der Waals surface area contributed by atoms with Gasteiger partial charge in [-0.05, 0) is 30.7 Å². The molecule has 0 aromatic heterocycles. The number of methoxy groups -OCH3 is 1. The molecule has 0 amide bonds. The Kier molecular flexibility index (Phi) is 8.94. The number of hydrogen-bond donors (Lipinski definition) is 1. The van der Waals surface area contributed by atoms with Crippen LogP contribution in [0.2, 0.25) is 0 Å². The number of hydrogen-bond acceptors (Lipinski definition) is 5. The van der Waals surface area contributed by atoms with E-state index in [1.54, 1.807) is 11.8 Å². The van der Waals surface area contributed by atoms with Crippen molar-refractivity contribution in [1.29, 1.82) is 0 Å². The van der Waals surface area contributed by atoms with Crippen molar-refractivity contribution in [3.63, 3.8) is 0 Å². The summed E-state index contributed by atoms with van der Waals surface area (Å²) in [6, 6.07) is 8.39. The SMILES string of the molecule is CCCOc1ccc(C(CSCC(=O)OC)NCC)cc1. The van der Waals surface area contributed by atoms with Crippen LogP contribution in [0.3, 0.4) is 0 Å². The second kappa shape index (κ2) is 10.5. The second-order valence-electron chi connectivity index (χ2n) is 4.62. The first-order valence-electron chi connectivity index (χ1n) is 7.31. The molecule has 0 heterocycles. The number of ether oxygens (including phenoxy) is 2. The van der Waals surface area contributed by atoms with Crippen molar-refractivity contribution < 1.29 is 14.3 Å². The number of rotatable bonds is 10. The van der Waals surface area contributed by atoms with E-state index in [4.69, 9.17) is 4.74 Å². The minimum Gasteiger partial charge on any atom is -0.494 e. The van der Waals surface area contributed by atoms with E-state index < -0.39 is 0 Å². The Labute approximate surface area is 131 Å². The minimum absolute atomic E-state index is 0.182. The summed E-state index contributed by atoms with van der Waals surface area (Å²) in [4.78, 5) is 11.2. The van der Waals surface area contributed by atoms with Crippen molar-refractivity contribution in [1.82, 2.24) is 5.32 Å². The van der Waals surface area contributed by atoms with E-state index in [1.807, 2.05) is 12.1 Å². The summed E-state index contributed by atoms with van der Waals surface area (Å²) in [5.41, 5.74) is 1.21. The highest BCUT2D eigenvalue weighted by molar-refractivity contribution is 7.99. The van der Waals surface area contributed by atoms with E-state index in [1.165, 1.54) is 12.7 Å². The van der Waals surface area contributed by atoms with Gasteiger partial charge in [0.25, 0.3) is 0 Å². The van der Waals surface area contributed by atoms with Crippen molar-refractivity contribution in [3.05, 3.63) is 29.8 Å². The molecule has 1 N–H and O–H groups in total. The van der Waals surface area contributed by atoms with Gasteiger partial charge in [-0.3, -0.25) is 4.79 Å². The zero-order valence-corrected chi connectivity index (χ0v) is 13.9. The molecule has 1 atom stereocenters. The van der Waals surface area contributed by atoms with Crippen LogP contribution in [0, 0.1) is 0 Å². The number of carbonyl (C=O) groups excluding carboxylic acids is 1. The summed E-state index contributed by atoms with van der Waals surface area (Å²) in [6.07, 6.45) is 1.01. The van der Waals surface area contributed by atoms with Crippen LogP contribution in [0.15, 0.2) is 24.3 Å². The number of carbonyl (C=O) groups is 1. The largest absolute Gasteiger partial charge is 0.494 e. The number of esters is 1. The zero-order chi connectivity index (χ0) is 15.5. The molecular weight excluding hydrogens is 286 g/mol. The predicted molar refractivity (Wildman–Crippen MR) is 88.0 cm³/mol. The number of nitrogens with one attached hydrogen (secondary N) is 1. The maximum Gasteiger partial charge on any atom is 0.315 e. The molecule has 4 nitrogen and oxygen atoms in total. The van der Waals surface area contributed by atoms with Gasteiger partial charge in [0.15, 0.2) is 0 Å². The van der Waals surface area contributed by atoms with Gasteiger partial charge in [-0.2, -0.15) is 0 Å². The van der Waals surface area contributed by atoms with Crippen molar-refractivity contribution in [2.45, 2.75) is 26.3 Å². The molecule has 1 aromatic rings. The minimum atomic E-state index is -0.182. The molecule has 1 aromatic carbocycles. The third-order valence-electron chi connectivity index (χ3n) is 2.94. The lowest BCUT2D eigenvalue weighted by molar-refractivity contribution is -0.137. The van der Waals surface area contributed by atoms with Crippen LogP contribution in [-0.4, -0.2) is 37.7 Å². The van der Waals surface area contributed by atoms with Gasteiger partial charge in [-0.15, -0.1) is 11.8 Å².